The second kappa shape index (κ2) is 5.01. The van der Waals surface area contributed by atoms with Gasteiger partial charge in [0.05, 0.1) is 6.61 Å². The van der Waals surface area contributed by atoms with Gasteiger partial charge in [0.1, 0.15) is 0 Å². The molecule has 0 aromatic heterocycles. The third-order valence-corrected chi connectivity index (χ3v) is 3.49. The molecule has 102 valence electrons. The number of aliphatic carboxylic acids is 1. The van der Waals surface area contributed by atoms with Crippen LogP contribution in [0.2, 0.25) is 0 Å². The van der Waals surface area contributed by atoms with Gasteiger partial charge in [0.2, 0.25) is 0 Å². The van der Waals surface area contributed by atoms with Crippen molar-refractivity contribution in [3.05, 3.63) is 34.9 Å². The van der Waals surface area contributed by atoms with Gasteiger partial charge in [-0.3, -0.25) is 4.79 Å². The van der Waals surface area contributed by atoms with Crippen LogP contribution < -0.4 is 5.32 Å². The minimum absolute atomic E-state index is 0.0129. The van der Waals surface area contributed by atoms with Crippen molar-refractivity contribution in [1.29, 1.82) is 0 Å². The van der Waals surface area contributed by atoms with Crippen LogP contribution in [0.25, 0.3) is 0 Å². The summed E-state index contributed by atoms with van der Waals surface area (Å²) in [5, 5.41) is 11.9. The number of ether oxygens (including phenoxy) is 1. The fourth-order valence-electron chi connectivity index (χ4n) is 2.34. The molecule has 1 unspecified atom stereocenters. The number of amides is 1. The van der Waals surface area contributed by atoms with Crippen LogP contribution in [0.5, 0.6) is 0 Å². The van der Waals surface area contributed by atoms with E-state index >= 15 is 0 Å². The van der Waals surface area contributed by atoms with Crippen LogP contribution in [0.1, 0.15) is 27.9 Å². The number of hydrogen-bond donors (Lipinski definition) is 2. The summed E-state index contributed by atoms with van der Waals surface area (Å²) in [6.07, 6.45) is 0.291. The van der Waals surface area contributed by atoms with Crippen molar-refractivity contribution in [3.63, 3.8) is 0 Å². The summed E-state index contributed by atoms with van der Waals surface area (Å²) in [6, 6.07) is 5.54. The molecule has 1 heterocycles. The molecule has 5 nitrogen and oxygen atoms in total. The first kappa shape index (κ1) is 13.5. The number of benzene rings is 1. The highest BCUT2D eigenvalue weighted by molar-refractivity contribution is 6.00. The maximum absolute atomic E-state index is 12.3. The van der Waals surface area contributed by atoms with Crippen LogP contribution in [0, 0.1) is 13.8 Å². The molecule has 1 fully saturated rings. The number of carbonyl (C=O) groups is 2. The molecule has 1 saturated heterocycles. The molecule has 0 saturated carbocycles. The molecular formula is C14H17NO4. The first-order valence-electron chi connectivity index (χ1n) is 6.16. The van der Waals surface area contributed by atoms with Crippen molar-refractivity contribution in [3.8, 4) is 0 Å². The Labute approximate surface area is 111 Å². The van der Waals surface area contributed by atoms with Gasteiger partial charge in [0, 0.05) is 18.6 Å². The minimum atomic E-state index is -1.30. The predicted octanol–water partition coefficient (Wildman–Crippen LogP) is 1.28. The first-order valence-corrected chi connectivity index (χ1v) is 6.16. The first-order chi connectivity index (χ1) is 8.96. The Morgan fingerprint density at radius 1 is 1.32 bits per heavy atom. The van der Waals surface area contributed by atoms with E-state index in [1.807, 2.05) is 32.0 Å². The molecular weight excluding hydrogens is 246 g/mol. The largest absolute Gasteiger partial charge is 0.479 e. The molecule has 1 aromatic rings. The Morgan fingerprint density at radius 3 is 2.42 bits per heavy atom. The number of hydrogen-bond acceptors (Lipinski definition) is 3. The van der Waals surface area contributed by atoms with Crippen LogP contribution in [-0.2, 0) is 9.53 Å². The Kier molecular flexibility index (Phi) is 3.57. The molecule has 0 spiro atoms. The van der Waals surface area contributed by atoms with E-state index in [9.17, 15) is 14.7 Å². The highest BCUT2D eigenvalue weighted by Crippen LogP contribution is 2.21. The number of nitrogens with one attached hydrogen (secondary N) is 1. The van der Waals surface area contributed by atoms with Gasteiger partial charge in [0.25, 0.3) is 5.91 Å². The standard InChI is InChI=1S/C14H17NO4/c1-9-4-3-5-10(2)11(9)12(16)15-14(13(17)18)6-7-19-8-14/h3-5H,6-8H2,1-2H3,(H,15,16)(H,17,18). The minimum Gasteiger partial charge on any atom is -0.479 e. The summed E-state index contributed by atoms with van der Waals surface area (Å²) in [5.74, 6) is -1.41. The molecule has 2 rings (SSSR count). The van der Waals surface area contributed by atoms with Gasteiger partial charge in [-0.05, 0) is 25.0 Å². The average Bonchev–Trinajstić information content (AvgIpc) is 2.78. The van der Waals surface area contributed by atoms with Crippen molar-refractivity contribution in [2.75, 3.05) is 13.2 Å². The van der Waals surface area contributed by atoms with E-state index in [0.29, 0.717) is 18.6 Å². The zero-order chi connectivity index (χ0) is 14.0. The lowest BCUT2D eigenvalue weighted by Gasteiger charge is -2.24. The number of rotatable bonds is 3. The normalized spacial score (nSPS) is 22.2. The molecule has 2 N–H and O–H groups in total. The van der Waals surface area contributed by atoms with Gasteiger partial charge in [0.15, 0.2) is 5.54 Å². The van der Waals surface area contributed by atoms with E-state index in [1.54, 1.807) is 0 Å². The summed E-state index contributed by atoms with van der Waals surface area (Å²) >= 11 is 0. The topological polar surface area (TPSA) is 75.6 Å². The molecule has 1 aliphatic rings. The van der Waals surface area contributed by atoms with Gasteiger partial charge < -0.3 is 15.2 Å². The molecule has 1 aromatic carbocycles. The average molecular weight is 263 g/mol. The Hall–Kier alpha value is -1.88. The number of carbonyl (C=O) groups excluding carboxylic acids is 1. The van der Waals surface area contributed by atoms with Gasteiger partial charge >= 0.3 is 5.97 Å². The van der Waals surface area contributed by atoms with E-state index in [4.69, 9.17) is 4.74 Å². The van der Waals surface area contributed by atoms with Crippen molar-refractivity contribution >= 4 is 11.9 Å². The molecule has 1 atom stereocenters. The maximum Gasteiger partial charge on any atom is 0.331 e. The predicted molar refractivity (Wildman–Crippen MR) is 69.2 cm³/mol. The molecule has 0 bridgehead atoms. The lowest BCUT2D eigenvalue weighted by atomic mass is 9.96. The summed E-state index contributed by atoms with van der Waals surface area (Å²) in [5.41, 5.74) is 0.898. The molecule has 19 heavy (non-hydrogen) atoms. The summed E-state index contributed by atoms with van der Waals surface area (Å²) in [7, 11) is 0. The quantitative estimate of drug-likeness (QED) is 0.861. The zero-order valence-corrected chi connectivity index (χ0v) is 11.0. The third kappa shape index (κ3) is 2.46. The Balaban J connectivity index is 2.28. The van der Waals surface area contributed by atoms with Gasteiger partial charge in [-0.1, -0.05) is 18.2 Å². The number of carboxylic acid groups (broad SMARTS) is 1. The monoisotopic (exact) mass is 263 g/mol. The second-order valence-electron chi connectivity index (χ2n) is 4.91. The Bertz CT molecular complexity index is 498. The fraction of sp³-hybridized carbons (Fsp3) is 0.429. The third-order valence-electron chi connectivity index (χ3n) is 3.49. The fourth-order valence-corrected chi connectivity index (χ4v) is 2.34. The summed E-state index contributed by atoms with van der Waals surface area (Å²) in [4.78, 5) is 23.7. The molecule has 0 aliphatic carbocycles. The number of carboxylic acids is 1. The van der Waals surface area contributed by atoms with Gasteiger partial charge in [-0.25, -0.2) is 4.79 Å². The SMILES string of the molecule is Cc1cccc(C)c1C(=O)NC1(C(=O)O)CCOC1. The van der Waals surface area contributed by atoms with Crippen LogP contribution in [0.3, 0.4) is 0 Å². The van der Waals surface area contributed by atoms with Crippen LogP contribution in [-0.4, -0.2) is 35.7 Å². The summed E-state index contributed by atoms with van der Waals surface area (Å²) in [6.45, 7) is 4.03. The smallest absolute Gasteiger partial charge is 0.331 e. The van der Waals surface area contributed by atoms with Crippen molar-refractivity contribution in [2.45, 2.75) is 25.8 Å². The van der Waals surface area contributed by atoms with Crippen LogP contribution in [0.4, 0.5) is 0 Å². The van der Waals surface area contributed by atoms with Gasteiger partial charge in [-0.2, -0.15) is 0 Å². The van der Waals surface area contributed by atoms with Crippen LogP contribution in [0.15, 0.2) is 18.2 Å². The Morgan fingerprint density at radius 2 is 1.95 bits per heavy atom. The van der Waals surface area contributed by atoms with E-state index < -0.39 is 11.5 Å². The van der Waals surface area contributed by atoms with E-state index in [1.165, 1.54) is 0 Å². The van der Waals surface area contributed by atoms with Gasteiger partial charge in [-0.15, -0.1) is 0 Å². The molecule has 0 radical (unpaired) electrons. The van der Waals surface area contributed by atoms with Crippen molar-refractivity contribution < 1.29 is 19.4 Å². The highest BCUT2D eigenvalue weighted by Gasteiger charge is 2.44. The van der Waals surface area contributed by atoms with Crippen LogP contribution >= 0.6 is 0 Å². The van der Waals surface area contributed by atoms with E-state index in [2.05, 4.69) is 5.32 Å². The lowest BCUT2D eigenvalue weighted by Crippen LogP contribution is -2.55. The van der Waals surface area contributed by atoms with E-state index in [0.717, 1.165) is 11.1 Å². The maximum atomic E-state index is 12.3. The zero-order valence-electron chi connectivity index (χ0n) is 11.0. The van der Waals surface area contributed by atoms with Crippen molar-refractivity contribution in [1.82, 2.24) is 5.32 Å². The molecule has 1 aliphatic heterocycles. The van der Waals surface area contributed by atoms with E-state index in [-0.39, 0.29) is 12.5 Å². The summed E-state index contributed by atoms with van der Waals surface area (Å²) < 4.78 is 5.12. The second-order valence-corrected chi connectivity index (χ2v) is 4.91. The molecule has 5 heteroatoms. The molecule has 1 amide bonds. The number of aryl methyl sites for hydroxylation is 2. The van der Waals surface area contributed by atoms with Crippen molar-refractivity contribution in [2.24, 2.45) is 0 Å². The lowest BCUT2D eigenvalue weighted by molar-refractivity contribution is -0.144. The highest BCUT2D eigenvalue weighted by atomic mass is 16.5.